The van der Waals surface area contributed by atoms with Gasteiger partial charge in [-0.15, -0.1) is 0 Å². The first-order chi connectivity index (χ1) is 19.9. The van der Waals surface area contributed by atoms with Crippen LogP contribution in [0.15, 0.2) is 85.2 Å². The Hall–Kier alpha value is -5.64. The monoisotopic (exact) mass is 550 g/mol. The molecule has 0 aliphatic rings. The fourth-order valence-electron chi connectivity index (χ4n) is 4.22. The van der Waals surface area contributed by atoms with Crippen LogP contribution in [0.5, 0.6) is 11.5 Å². The lowest BCUT2D eigenvalue weighted by Gasteiger charge is -2.00. The van der Waals surface area contributed by atoms with Crippen molar-refractivity contribution in [2.75, 3.05) is 21.3 Å². The molecule has 0 saturated heterocycles. The number of aromatic hydroxyl groups is 1. The number of hydrogen-bond acceptors (Lipinski definition) is 8. The summed E-state index contributed by atoms with van der Waals surface area (Å²) in [4.78, 5) is 37.8. The molecular weight excluding hydrogens is 524 g/mol. The molecule has 4 aromatic heterocycles. The van der Waals surface area contributed by atoms with Gasteiger partial charge in [-0.05, 0) is 72.8 Å². The molecule has 4 heterocycles. The molecule has 3 N–H and O–H groups in total. The van der Waals surface area contributed by atoms with Crippen molar-refractivity contribution in [3.63, 3.8) is 0 Å². The maximum absolute atomic E-state index is 11.4. The number of carbonyl (C=O) groups is 2. The van der Waals surface area contributed by atoms with Gasteiger partial charge in [0.1, 0.15) is 11.5 Å². The van der Waals surface area contributed by atoms with Crippen LogP contribution in [0.25, 0.3) is 44.6 Å². The second-order valence-corrected chi connectivity index (χ2v) is 8.94. The molecule has 0 unspecified atom stereocenters. The molecule has 0 spiro atoms. The third kappa shape index (κ3) is 5.86. The summed E-state index contributed by atoms with van der Waals surface area (Å²) in [6.07, 6.45) is 2.98. The average Bonchev–Trinajstić information content (AvgIpc) is 3.64. The van der Waals surface area contributed by atoms with Crippen molar-refractivity contribution < 1.29 is 28.9 Å². The Morgan fingerprint density at radius 2 is 1.17 bits per heavy atom. The minimum atomic E-state index is -0.411. The van der Waals surface area contributed by atoms with Crippen molar-refractivity contribution in [2.45, 2.75) is 0 Å². The highest BCUT2D eigenvalue weighted by molar-refractivity contribution is 5.91. The van der Waals surface area contributed by atoms with E-state index in [1.807, 2.05) is 30.3 Å². The summed E-state index contributed by atoms with van der Waals surface area (Å²) in [5.41, 5.74) is 5.94. The minimum Gasteiger partial charge on any atom is -0.508 e. The van der Waals surface area contributed by atoms with Gasteiger partial charge in [0, 0.05) is 34.2 Å². The molecular formula is C31H26N4O6. The second kappa shape index (κ2) is 11.6. The van der Waals surface area contributed by atoms with E-state index in [1.165, 1.54) is 26.6 Å². The molecule has 41 heavy (non-hydrogen) atoms. The highest BCUT2D eigenvalue weighted by atomic mass is 16.5. The molecule has 0 saturated carbocycles. The van der Waals surface area contributed by atoms with Gasteiger partial charge in [-0.1, -0.05) is 0 Å². The van der Waals surface area contributed by atoms with Crippen LogP contribution in [0.1, 0.15) is 20.7 Å². The Bertz CT molecular complexity index is 1840. The van der Waals surface area contributed by atoms with E-state index in [-0.39, 0.29) is 5.75 Å². The van der Waals surface area contributed by atoms with E-state index in [1.54, 1.807) is 49.6 Å². The maximum atomic E-state index is 11.4. The average molecular weight is 551 g/mol. The third-order valence-corrected chi connectivity index (χ3v) is 6.35. The van der Waals surface area contributed by atoms with Gasteiger partial charge in [0.25, 0.3) is 0 Å². The van der Waals surface area contributed by atoms with Crippen LogP contribution in [-0.4, -0.2) is 58.3 Å². The first-order valence-electron chi connectivity index (χ1n) is 12.5. The summed E-state index contributed by atoms with van der Waals surface area (Å²) in [5.74, 6) is 0.222. The Kier molecular flexibility index (Phi) is 7.64. The van der Waals surface area contributed by atoms with Crippen molar-refractivity contribution in [3.8, 4) is 34.3 Å². The fraction of sp³-hybridized carbons (Fsp3) is 0.0968. The van der Waals surface area contributed by atoms with Gasteiger partial charge in [0.15, 0.2) is 0 Å². The van der Waals surface area contributed by atoms with Crippen LogP contribution in [0.4, 0.5) is 0 Å². The van der Waals surface area contributed by atoms with Crippen molar-refractivity contribution in [1.82, 2.24) is 19.9 Å². The summed E-state index contributed by atoms with van der Waals surface area (Å²) in [6, 6.07) is 21.7. The molecule has 6 aromatic rings. The molecule has 206 valence electrons. The number of ether oxygens (including phenoxy) is 3. The van der Waals surface area contributed by atoms with Gasteiger partial charge in [-0.3, -0.25) is 9.97 Å². The van der Waals surface area contributed by atoms with Crippen LogP contribution in [0, 0.1) is 0 Å². The molecule has 0 bridgehead atoms. The maximum Gasteiger partial charge on any atom is 0.339 e. The number of fused-ring (bicyclic) bond motifs is 2. The van der Waals surface area contributed by atoms with Crippen molar-refractivity contribution >= 4 is 33.7 Å². The molecule has 10 nitrogen and oxygen atoms in total. The zero-order chi connectivity index (χ0) is 28.9. The second-order valence-electron chi connectivity index (χ2n) is 8.94. The number of methoxy groups -OCH3 is 3. The number of nitrogens with zero attached hydrogens (tertiary/aromatic N) is 2. The van der Waals surface area contributed by atoms with Crippen molar-refractivity contribution in [1.29, 1.82) is 0 Å². The van der Waals surface area contributed by atoms with E-state index in [2.05, 4.69) is 29.4 Å². The van der Waals surface area contributed by atoms with Gasteiger partial charge in [0.05, 0.1) is 55.2 Å². The van der Waals surface area contributed by atoms with Gasteiger partial charge in [-0.25, -0.2) is 9.59 Å². The predicted octanol–water partition coefficient (Wildman–Crippen LogP) is 5.75. The first kappa shape index (κ1) is 26.9. The van der Waals surface area contributed by atoms with Gasteiger partial charge >= 0.3 is 11.9 Å². The molecule has 6 rings (SSSR count). The van der Waals surface area contributed by atoms with Gasteiger partial charge in [-0.2, -0.15) is 0 Å². The van der Waals surface area contributed by atoms with E-state index < -0.39 is 11.9 Å². The summed E-state index contributed by atoms with van der Waals surface area (Å²) in [6.45, 7) is 0. The highest BCUT2D eigenvalue weighted by Gasteiger charge is 2.10. The van der Waals surface area contributed by atoms with Crippen LogP contribution in [0.3, 0.4) is 0 Å². The number of hydrogen-bond donors (Lipinski definition) is 3. The zero-order valence-corrected chi connectivity index (χ0v) is 22.5. The number of phenols is 1. The standard InChI is InChI=1S/C16H14N2O3.C15H12N2O3/c1-20-12-4-6-13-11(7-12)8-15(18-13)14-5-3-10(9-17-14)16(19)21-2;1-20-15(19)9-2-4-13(16-8-9)14-7-10-6-11(18)3-5-12(10)17-14/h3-9,18H,1-2H3;2-8,17-18H,1H3. The van der Waals surface area contributed by atoms with Crippen LogP contribution >= 0.6 is 0 Å². The molecule has 0 aliphatic heterocycles. The first-order valence-corrected chi connectivity index (χ1v) is 12.5. The number of esters is 2. The minimum absolute atomic E-state index is 0.219. The highest BCUT2D eigenvalue weighted by Crippen LogP contribution is 2.27. The lowest BCUT2D eigenvalue weighted by Crippen LogP contribution is -2.01. The predicted molar refractivity (Wildman–Crippen MR) is 154 cm³/mol. The van der Waals surface area contributed by atoms with E-state index in [4.69, 9.17) is 4.74 Å². The van der Waals surface area contributed by atoms with Crippen LogP contribution in [0.2, 0.25) is 0 Å². The smallest absolute Gasteiger partial charge is 0.339 e. The molecule has 0 radical (unpaired) electrons. The lowest BCUT2D eigenvalue weighted by molar-refractivity contribution is 0.0591. The lowest BCUT2D eigenvalue weighted by atomic mass is 10.2. The molecule has 0 atom stereocenters. The van der Waals surface area contributed by atoms with E-state index in [0.29, 0.717) is 16.8 Å². The van der Waals surface area contributed by atoms with Crippen molar-refractivity contribution in [2.24, 2.45) is 0 Å². The third-order valence-electron chi connectivity index (χ3n) is 6.35. The summed E-state index contributed by atoms with van der Waals surface area (Å²) < 4.78 is 14.5. The molecule has 0 amide bonds. The number of nitrogens with one attached hydrogen (secondary N) is 2. The molecule has 10 heteroatoms. The number of aromatic amines is 2. The number of pyridine rings is 2. The summed E-state index contributed by atoms with van der Waals surface area (Å²) in [5, 5.41) is 11.4. The Morgan fingerprint density at radius 3 is 1.63 bits per heavy atom. The fourth-order valence-corrected chi connectivity index (χ4v) is 4.22. The van der Waals surface area contributed by atoms with E-state index >= 15 is 0 Å². The van der Waals surface area contributed by atoms with Crippen LogP contribution in [-0.2, 0) is 9.47 Å². The van der Waals surface area contributed by atoms with Crippen LogP contribution < -0.4 is 4.74 Å². The molecule has 0 aliphatic carbocycles. The van der Waals surface area contributed by atoms with Gasteiger partial charge < -0.3 is 29.3 Å². The quantitative estimate of drug-likeness (QED) is 0.231. The largest absolute Gasteiger partial charge is 0.508 e. The Labute approximate surface area is 234 Å². The number of aromatic nitrogens is 4. The van der Waals surface area contributed by atoms with Gasteiger partial charge in [0.2, 0.25) is 0 Å². The van der Waals surface area contributed by atoms with E-state index in [0.717, 1.165) is 44.6 Å². The normalized spacial score (nSPS) is 10.6. The van der Waals surface area contributed by atoms with E-state index in [9.17, 15) is 14.7 Å². The van der Waals surface area contributed by atoms with Crippen molar-refractivity contribution in [3.05, 3.63) is 96.3 Å². The molecule has 0 fully saturated rings. The summed E-state index contributed by atoms with van der Waals surface area (Å²) >= 11 is 0. The number of phenolic OH excluding ortho intramolecular Hbond substituents is 1. The number of benzene rings is 2. The number of rotatable bonds is 5. The molecule has 2 aromatic carbocycles. The Morgan fingerprint density at radius 1 is 0.659 bits per heavy atom. The number of carbonyl (C=O) groups excluding carboxylic acids is 2. The topological polar surface area (TPSA) is 139 Å². The SMILES string of the molecule is COC(=O)c1ccc(-c2cc3cc(O)ccc3[nH]2)nc1.COC(=O)c1ccc(-c2cc3cc(OC)ccc3[nH]2)nc1. The zero-order valence-electron chi connectivity index (χ0n) is 22.5. The Balaban J connectivity index is 0.000000165. The summed E-state index contributed by atoms with van der Waals surface area (Å²) in [7, 11) is 4.32. The number of H-pyrrole nitrogens is 2.